The summed E-state index contributed by atoms with van der Waals surface area (Å²) in [6, 6.07) is 19.8. The van der Waals surface area contributed by atoms with Gasteiger partial charge in [0.2, 0.25) is 0 Å². The van der Waals surface area contributed by atoms with E-state index in [4.69, 9.17) is 23.7 Å². The Balaban J connectivity index is 0.000000214. The molecular formula is C82H121BN4NaO13. The number of hydrogen-bond donors (Lipinski definition) is 3. The van der Waals surface area contributed by atoms with Gasteiger partial charge in [-0.2, -0.15) is 6.92 Å². The van der Waals surface area contributed by atoms with Crippen molar-refractivity contribution in [2.75, 3.05) is 53.1 Å². The van der Waals surface area contributed by atoms with E-state index >= 15 is 0 Å². The SMILES string of the molecule is CC(=O)OC(C)=O.CC1=C2C[C@H]3[C@@H](CC[C@@H]4CC(=O)CC[C@@]43C)[C@@H]2CC[C@@]2(C1)O[C@@H]1C[C@H](C)CN(CCNCC(=O)c3ccccc3)[C@H]1[C@H]2C.CC1=C2C[C@H]3[C@@H](CC[C@@H]4CC(=O)CC[C@@]43C)[C@@H]2CC[C@@]2(C1)O[C@@H]1C[C@H](C)CN[C@H]1[C@H]2C.COCNCC(=O)c1ccccc1.C[C-]=O.O.[B]=O.[Na+]. The molecule has 19 heteroatoms. The summed E-state index contributed by atoms with van der Waals surface area (Å²) in [6.07, 6.45) is 25.3. The van der Waals surface area contributed by atoms with Crippen molar-refractivity contribution in [2.45, 2.75) is 240 Å². The van der Waals surface area contributed by atoms with Gasteiger partial charge < -0.3 is 39.9 Å². The fourth-order valence-corrected chi connectivity index (χ4v) is 22.2. The first kappa shape index (κ1) is 84.2. The molecule has 101 heavy (non-hydrogen) atoms. The number of carbonyl (C=O) groups excluding carboxylic acids is 7. The number of ketones is 4. The van der Waals surface area contributed by atoms with E-state index in [2.05, 4.69) is 88.7 Å². The molecule has 2 spiro atoms. The first-order valence-corrected chi connectivity index (χ1v) is 37.9. The fourth-order valence-electron chi connectivity index (χ4n) is 22.2. The molecule has 0 bridgehead atoms. The van der Waals surface area contributed by atoms with Gasteiger partial charge in [0.15, 0.2) is 11.6 Å². The zero-order valence-corrected chi connectivity index (χ0v) is 65.5. The average Bonchev–Trinajstić information content (AvgIpc) is 1.57. The molecule has 10 fully saturated rings. The average molecular weight is 1400 g/mol. The van der Waals surface area contributed by atoms with Crippen LogP contribution < -0.4 is 45.5 Å². The van der Waals surface area contributed by atoms with Gasteiger partial charge in [-0.05, 0) is 193 Å². The van der Waals surface area contributed by atoms with E-state index in [1.165, 1.54) is 97.7 Å². The van der Waals surface area contributed by atoms with Crippen molar-refractivity contribution in [1.82, 2.24) is 20.9 Å². The number of Topliss-reactive ketones (excluding diaryl/α,β-unsaturated/α-hetero) is 4. The summed E-state index contributed by atoms with van der Waals surface area (Å²) in [5.74, 6) is 8.63. The van der Waals surface area contributed by atoms with Gasteiger partial charge in [0.25, 0.3) is 0 Å². The summed E-state index contributed by atoms with van der Waals surface area (Å²) in [5, 5.41) is 10.2. The molecule has 4 saturated heterocycles. The predicted octanol–water partition coefficient (Wildman–Crippen LogP) is 9.50. The normalized spacial score (nSPS) is 36.8. The van der Waals surface area contributed by atoms with Crippen LogP contribution in [0.1, 0.15) is 225 Å². The van der Waals surface area contributed by atoms with Gasteiger partial charge in [-0.1, -0.05) is 124 Å². The molecule has 17 nitrogen and oxygen atoms in total. The predicted molar refractivity (Wildman–Crippen MR) is 389 cm³/mol. The second-order valence-corrected chi connectivity index (χ2v) is 32.8. The molecule has 8 aliphatic carbocycles. The van der Waals surface area contributed by atoms with E-state index in [-0.39, 0.29) is 57.8 Å². The largest absolute Gasteiger partial charge is 1.00 e. The van der Waals surface area contributed by atoms with Crippen LogP contribution >= 0.6 is 0 Å². The number of hydrogen-bond acceptors (Lipinski definition) is 16. The fraction of sp³-hybridized carbons (Fsp3) is 0.720. The molecule has 551 valence electrons. The number of fused-ring (bicyclic) bond motifs is 12. The van der Waals surface area contributed by atoms with Crippen molar-refractivity contribution in [3.05, 3.63) is 94.1 Å². The van der Waals surface area contributed by atoms with Crippen LogP contribution in [0.5, 0.6) is 0 Å². The Morgan fingerprint density at radius 3 is 1.57 bits per heavy atom. The van der Waals surface area contributed by atoms with Gasteiger partial charge in [-0.3, -0.25) is 45.3 Å². The number of ether oxygens (including phenoxy) is 4. The van der Waals surface area contributed by atoms with Crippen molar-refractivity contribution < 1.29 is 92.2 Å². The summed E-state index contributed by atoms with van der Waals surface area (Å²) in [5.41, 5.74) is 9.18. The van der Waals surface area contributed by atoms with Gasteiger partial charge in [-0.25, -0.2) is 0 Å². The van der Waals surface area contributed by atoms with Crippen LogP contribution in [0.3, 0.4) is 0 Å². The molecule has 14 rings (SSSR count). The monoisotopic (exact) mass is 1400 g/mol. The van der Waals surface area contributed by atoms with Crippen LogP contribution in [0.25, 0.3) is 0 Å². The van der Waals surface area contributed by atoms with Crippen molar-refractivity contribution in [2.24, 2.45) is 81.8 Å². The molecule has 1 radical (unpaired) electrons. The Labute approximate surface area is 627 Å². The molecule has 0 aromatic heterocycles. The van der Waals surface area contributed by atoms with Gasteiger partial charge in [0.1, 0.15) is 11.6 Å². The van der Waals surface area contributed by atoms with Crippen LogP contribution in [0.15, 0.2) is 83.0 Å². The molecule has 20 atom stereocenters. The number of rotatable bonds is 11. The number of carbonyl (C=O) groups is 6. The second-order valence-electron chi connectivity index (χ2n) is 32.8. The zero-order valence-electron chi connectivity index (χ0n) is 63.5. The maximum atomic E-state index is 12.6. The summed E-state index contributed by atoms with van der Waals surface area (Å²) in [4.78, 5) is 79.5. The second kappa shape index (κ2) is 37.5. The third-order valence-electron chi connectivity index (χ3n) is 27.0. The first-order valence-electron chi connectivity index (χ1n) is 37.9. The topological polar surface area (TPSA) is 244 Å². The molecule has 2 aromatic carbocycles. The van der Waals surface area contributed by atoms with E-state index in [0.717, 1.165) is 137 Å². The number of nitrogens with zero attached hydrogens (tertiary/aromatic N) is 1. The number of allylic oxidation sites excluding steroid dienone is 2. The number of methoxy groups -OCH3 is 1. The maximum Gasteiger partial charge on any atom is 1.00 e. The Morgan fingerprint density at radius 2 is 1.11 bits per heavy atom. The van der Waals surface area contributed by atoms with Crippen LogP contribution in [0.4, 0.5) is 0 Å². The van der Waals surface area contributed by atoms with Crippen LogP contribution in [0.2, 0.25) is 0 Å². The summed E-state index contributed by atoms with van der Waals surface area (Å²) in [7, 11) is 4.83. The summed E-state index contributed by atoms with van der Waals surface area (Å²) < 4.78 is 30.8. The number of likely N-dealkylation sites (tertiary alicyclic amines) is 1. The smallest absolute Gasteiger partial charge is 1.00 e. The van der Waals surface area contributed by atoms with E-state index in [0.29, 0.717) is 96.1 Å². The minimum atomic E-state index is -0.562. The van der Waals surface area contributed by atoms with Gasteiger partial charge in [-0.15, -0.1) is 0 Å². The van der Waals surface area contributed by atoms with Crippen molar-refractivity contribution in [3.8, 4) is 0 Å². The Kier molecular flexibility index (Phi) is 31.2. The van der Waals surface area contributed by atoms with E-state index in [1.807, 2.05) is 54.1 Å². The molecule has 5 N–H and O–H groups in total. The van der Waals surface area contributed by atoms with E-state index < -0.39 is 11.9 Å². The third kappa shape index (κ3) is 19.0. The van der Waals surface area contributed by atoms with E-state index in [9.17, 15) is 28.8 Å². The van der Waals surface area contributed by atoms with Crippen molar-refractivity contribution >= 4 is 49.1 Å². The van der Waals surface area contributed by atoms with Crippen LogP contribution in [0, 0.1) is 81.8 Å². The number of benzene rings is 2. The van der Waals surface area contributed by atoms with Gasteiger partial charge in [0.05, 0.1) is 43.2 Å². The Hall–Kier alpha value is -4.05. The van der Waals surface area contributed by atoms with Gasteiger partial charge in [0, 0.05) is 101 Å². The number of piperidine rings is 2. The number of nitrogens with one attached hydrogen (secondary N) is 3. The van der Waals surface area contributed by atoms with Crippen LogP contribution in [-0.4, -0.2) is 148 Å². The molecule has 4 aliphatic heterocycles. The van der Waals surface area contributed by atoms with E-state index in [1.54, 1.807) is 36.0 Å². The summed E-state index contributed by atoms with van der Waals surface area (Å²) >= 11 is 0. The first-order chi connectivity index (χ1) is 47.4. The standard InChI is InChI=1S/C38H54N2O3.C28H43NO2.C10H13NO2.C4H6O3.C2H3O.BO.Na.H2O/c1-24-18-35-36(40(23-24)17-16-39-22-34(42)27-8-6-5-7-9-27)26(3)38(43-35)15-13-30-31-11-10-28-19-29(41)12-14-37(28,4)33(31)20-32(30)25(2)21-38;1-16-11-25-26(29-15-16)18(3)28(31-25)10-8-21-22-6-5-19-12-20(30)7-9-27(19,4)24(22)13-23(21)17(2)14-28;1-13-8-11-7-10(12)9-5-3-2-4-6-9;1-3(5)7-4(2)6;1-2-3;1-2;;/h5-9,24,26,28,30-31,33,35-36,39H,10-23H2,1-4H3;16,18-19,21-22,24-26,29H,5-15H2,1-4H3;2-6,11H,7-8H2,1H3;1-2H3;1H3;;;1H2/q;;;;-1;;+1;/t24-,26+,28+,30-,31-,33-,35+,36-,37-,38-;16-,18+,19+,21-,22-,24-,25+,26-,27-,28-;;;;;;/m00....../s1. The molecule has 12 aliphatic rings. The summed E-state index contributed by atoms with van der Waals surface area (Å²) in [6.45, 7) is 28.6. The molecular weight excluding hydrogens is 1280 g/mol. The Morgan fingerprint density at radius 1 is 0.653 bits per heavy atom. The quantitative estimate of drug-likeness (QED) is 0.0277. The Bertz CT molecular complexity index is 3200. The zero-order chi connectivity index (χ0) is 71.6. The molecule has 4 heterocycles. The molecule has 2 aromatic rings. The minimum absolute atomic E-state index is 0. The van der Waals surface area contributed by atoms with Crippen LogP contribution in [-0.2, 0) is 47.6 Å². The molecule has 6 saturated carbocycles. The third-order valence-corrected chi connectivity index (χ3v) is 27.0. The number of esters is 2. The minimum Gasteiger partial charge on any atom is 1.00 e. The van der Waals surface area contributed by atoms with Crippen molar-refractivity contribution in [3.63, 3.8) is 0 Å². The van der Waals surface area contributed by atoms with Gasteiger partial charge >= 0.3 is 53.9 Å². The molecule has 0 unspecified atom stereocenters. The maximum absolute atomic E-state index is 12.6. The molecule has 0 amide bonds. The van der Waals surface area contributed by atoms with Crippen molar-refractivity contribution in [1.29, 1.82) is 0 Å².